The molecule has 5 nitrogen and oxygen atoms in total. The van der Waals surface area contributed by atoms with Crippen molar-refractivity contribution in [3.8, 4) is 17.6 Å². The maximum absolute atomic E-state index is 12.3. The van der Waals surface area contributed by atoms with E-state index in [1.807, 2.05) is 56.3 Å². The largest absolute Gasteiger partial charge is 0.490 e. The minimum atomic E-state index is -0.447. The van der Waals surface area contributed by atoms with Crippen LogP contribution in [-0.2, 0) is 4.79 Å². The molecule has 3 aromatic carbocycles. The van der Waals surface area contributed by atoms with Crippen molar-refractivity contribution in [2.75, 3.05) is 18.5 Å². The standard InChI is InChI=1S/C26H24N2O3/c1-19-7-6-8-20(2)25(19)31-16-15-30-24-13-11-21(12-14-24)17-22(18-27)26(29)28-23-9-4-3-5-10-23/h3-14,17H,15-16H2,1-2H3,(H,28,29)/b22-17+. The van der Waals surface area contributed by atoms with Crippen molar-refractivity contribution in [1.82, 2.24) is 0 Å². The van der Waals surface area contributed by atoms with Gasteiger partial charge in [0.1, 0.15) is 36.4 Å². The average Bonchev–Trinajstić information content (AvgIpc) is 2.78. The van der Waals surface area contributed by atoms with E-state index in [4.69, 9.17) is 9.47 Å². The predicted octanol–water partition coefficient (Wildman–Crippen LogP) is 5.31. The van der Waals surface area contributed by atoms with Gasteiger partial charge in [0.05, 0.1) is 0 Å². The molecule has 0 bridgehead atoms. The van der Waals surface area contributed by atoms with E-state index in [0.717, 1.165) is 22.4 Å². The number of nitriles is 1. The lowest BCUT2D eigenvalue weighted by Gasteiger charge is -2.12. The molecule has 0 unspecified atom stereocenters. The molecule has 0 radical (unpaired) electrons. The summed E-state index contributed by atoms with van der Waals surface area (Å²) in [4.78, 5) is 12.3. The Hall–Kier alpha value is -4.04. The molecular weight excluding hydrogens is 388 g/mol. The molecule has 3 aromatic rings. The molecule has 0 aromatic heterocycles. The molecule has 156 valence electrons. The van der Waals surface area contributed by atoms with Crippen LogP contribution in [0, 0.1) is 25.2 Å². The highest BCUT2D eigenvalue weighted by Gasteiger charge is 2.09. The molecule has 0 aliphatic rings. The fourth-order valence-electron chi connectivity index (χ4n) is 3.03. The van der Waals surface area contributed by atoms with Crippen LogP contribution < -0.4 is 14.8 Å². The van der Waals surface area contributed by atoms with Crippen LogP contribution in [0.4, 0.5) is 5.69 Å². The number of nitrogens with one attached hydrogen (secondary N) is 1. The first-order valence-electron chi connectivity index (χ1n) is 9.97. The molecule has 0 saturated heterocycles. The molecule has 3 rings (SSSR count). The maximum Gasteiger partial charge on any atom is 0.266 e. The van der Waals surface area contributed by atoms with Crippen LogP contribution >= 0.6 is 0 Å². The summed E-state index contributed by atoms with van der Waals surface area (Å²) in [6.45, 7) is 4.88. The Morgan fingerprint density at radius 1 is 0.903 bits per heavy atom. The number of nitrogens with zero attached hydrogens (tertiary/aromatic N) is 1. The molecule has 0 fully saturated rings. The number of amides is 1. The lowest BCUT2D eigenvalue weighted by atomic mass is 10.1. The summed E-state index contributed by atoms with van der Waals surface area (Å²) in [5.74, 6) is 1.14. The average molecular weight is 412 g/mol. The van der Waals surface area contributed by atoms with E-state index in [0.29, 0.717) is 24.7 Å². The first kappa shape index (κ1) is 21.7. The van der Waals surface area contributed by atoms with Crippen LogP contribution in [0.5, 0.6) is 11.5 Å². The number of anilines is 1. The third-order valence-electron chi connectivity index (χ3n) is 4.60. The van der Waals surface area contributed by atoms with Crippen molar-refractivity contribution in [2.24, 2.45) is 0 Å². The zero-order valence-corrected chi connectivity index (χ0v) is 17.6. The summed E-state index contributed by atoms with van der Waals surface area (Å²) >= 11 is 0. The van der Waals surface area contributed by atoms with E-state index in [1.165, 1.54) is 0 Å². The first-order chi connectivity index (χ1) is 15.1. The molecule has 31 heavy (non-hydrogen) atoms. The zero-order chi connectivity index (χ0) is 22.1. The molecule has 0 heterocycles. The van der Waals surface area contributed by atoms with Crippen molar-refractivity contribution >= 4 is 17.7 Å². The Bertz CT molecular complexity index is 1080. The molecule has 1 N–H and O–H groups in total. The van der Waals surface area contributed by atoms with Gasteiger partial charge < -0.3 is 14.8 Å². The SMILES string of the molecule is Cc1cccc(C)c1OCCOc1ccc(/C=C(\C#N)C(=O)Nc2ccccc2)cc1. The quantitative estimate of drug-likeness (QED) is 0.309. The number of para-hydroxylation sites is 2. The van der Waals surface area contributed by atoms with Crippen LogP contribution in [0.25, 0.3) is 6.08 Å². The van der Waals surface area contributed by atoms with Gasteiger partial charge >= 0.3 is 0 Å². The summed E-state index contributed by atoms with van der Waals surface area (Å²) < 4.78 is 11.6. The number of carbonyl (C=O) groups is 1. The summed E-state index contributed by atoms with van der Waals surface area (Å²) in [7, 11) is 0. The van der Waals surface area contributed by atoms with E-state index in [2.05, 4.69) is 5.32 Å². The Morgan fingerprint density at radius 3 is 2.19 bits per heavy atom. The molecule has 5 heteroatoms. The smallest absolute Gasteiger partial charge is 0.266 e. The summed E-state index contributed by atoms with van der Waals surface area (Å²) in [6, 6.07) is 24.2. The van der Waals surface area contributed by atoms with Gasteiger partial charge in [0.2, 0.25) is 0 Å². The Morgan fingerprint density at radius 2 is 1.55 bits per heavy atom. The molecule has 0 atom stereocenters. The molecule has 0 aliphatic heterocycles. The number of hydrogen-bond donors (Lipinski definition) is 1. The van der Waals surface area contributed by atoms with Gasteiger partial charge in [-0.3, -0.25) is 4.79 Å². The number of aryl methyl sites for hydroxylation is 2. The second kappa shape index (κ2) is 10.7. The van der Waals surface area contributed by atoms with Gasteiger partial charge in [-0.05, 0) is 60.9 Å². The van der Waals surface area contributed by atoms with Gasteiger partial charge in [0.15, 0.2) is 0 Å². The summed E-state index contributed by atoms with van der Waals surface area (Å²) in [6.07, 6.45) is 1.55. The van der Waals surface area contributed by atoms with E-state index >= 15 is 0 Å². The number of carbonyl (C=O) groups excluding carboxylic acids is 1. The third-order valence-corrected chi connectivity index (χ3v) is 4.60. The second-order valence-corrected chi connectivity index (χ2v) is 6.98. The molecular formula is C26H24N2O3. The van der Waals surface area contributed by atoms with Crippen molar-refractivity contribution < 1.29 is 14.3 Å². The second-order valence-electron chi connectivity index (χ2n) is 6.98. The normalized spacial score (nSPS) is 10.8. The first-order valence-corrected chi connectivity index (χ1v) is 9.97. The van der Waals surface area contributed by atoms with E-state index in [-0.39, 0.29) is 5.57 Å². The number of rotatable bonds is 8. The molecule has 0 spiro atoms. The van der Waals surface area contributed by atoms with Gasteiger partial charge in [-0.2, -0.15) is 5.26 Å². The number of ether oxygens (including phenoxy) is 2. The predicted molar refractivity (Wildman–Crippen MR) is 122 cm³/mol. The van der Waals surface area contributed by atoms with Crippen LogP contribution in [0.3, 0.4) is 0 Å². The fourth-order valence-corrected chi connectivity index (χ4v) is 3.03. The lowest BCUT2D eigenvalue weighted by Crippen LogP contribution is -2.13. The maximum atomic E-state index is 12.3. The number of benzene rings is 3. The van der Waals surface area contributed by atoms with Gasteiger partial charge in [0, 0.05) is 5.69 Å². The summed E-state index contributed by atoms with van der Waals surface area (Å²) in [5.41, 5.74) is 3.60. The fraction of sp³-hybridized carbons (Fsp3) is 0.154. The van der Waals surface area contributed by atoms with Crippen molar-refractivity contribution in [2.45, 2.75) is 13.8 Å². The Kier molecular flexibility index (Phi) is 7.45. The van der Waals surface area contributed by atoms with Crippen LogP contribution in [0.2, 0.25) is 0 Å². The number of hydrogen-bond acceptors (Lipinski definition) is 4. The van der Waals surface area contributed by atoms with E-state index in [9.17, 15) is 10.1 Å². The summed E-state index contributed by atoms with van der Waals surface area (Å²) in [5, 5.41) is 12.1. The molecule has 0 aliphatic carbocycles. The Balaban J connectivity index is 1.54. The zero-order valence-electron chi connectivity index (χ0n) is 17.6. The van der Waals surface area contributed by atoms with Crippen LogP contribution in [0.15, 0.2) is 78.4 Å². The highest BCUT2D eigenvalue weighted by atomic mass is 16.5. The van der Waals surface area contributed by atoms with E-state index < -0.39 is 5.91 Å². The monoisotopic (exact) mass is 412 g/mol. The Labute approximate surface area is 182 Å². The van der Waals surface area contributed by atoms with Gasteiger partial charge in [0.25, 0.3) is 5.91 Å². The minimum absolute atomic E-state index is 0.0273. The van der Waals surface area contributed by atoms with Gasteiger partial charge in [-0.15, -0.1) is 0 Å². The lowest BCUT2D eigenvalue weighted by molar-refractivity contribution is -0.112. The van der Waals surface area contributed by atoms with Crippen molar-refractivity contribution in [3.63, 3.8) is 0 Å². The molecule has 0 saturated carbocycles. The van der Waals surface area contributed by atoms with Crippen LogP contribution in [-0.4, -0.2) is 19.1 Å². The minimum Gasteiger partial charge on any atom is -0.490 e. The van der Waals surface area contributed by atoms with Crippen molar-refractivity contribution in [3.05, 3.63) is 95.1 Å². The van der Waals surface area contributed by atoms with Gasteiger partial charge in [-0.1, -0.05) is 48.5 Å². The van der Waals surface area contributed by atoms with Crippen LogP contribution in [0.1, 0.15) is 16.7 Å². The van der Waals surface area contributed by atoms with E-state index in [1.54, 1.807) is 42.5 Å². The topological polar surface area (TPSA) is 71.3 Å². The van der Waals surface area contributed by atoms with Gasteiger partial charge in [-0.25, -0.2) is 0 Å². The third kappa shape index (κ3) is 6.22. The highest BCUT2D eigenvalue weighted by Crippen LogP contribution is 2.22. The van der Waals surface area contributed by atoms with Crippen molar-refractivity contribution in [1.29, 1.82) is 5.26 Å². The molecule has 1 amide bonds. The highest BCUT2D eigenvalue weighted by molar-refractivity contribution is 6.09.